The fourth-order valence-corrected chi connectivity index (χ4v) is 0.676. The molecule has 0 fully saturated rings. The van der Waals surface area contributed by atoms with Crippen LogP contribution in [0.25, 0.3) is 0 Å². The van der Waals surface area contributed by atoms with Gasteiger partial charge in [0, 0.05) is 0 Å². The highest BCUT2D eigenvalue weighted by Crippen LogP contribution is 1.96. The van der Waals surface area contributed by atoms with Crippen LogP contribution < -0.4 is 33.6 Å². The van der Waals surface area contributed by atoms with E-state index in [1.54, 1.807) is 0 Å². The van der Waals surface area contributed by atoms with E-state index in [1.165, 1.54) is 0 Å². The summed E-state index contributed by atoms with van der Waals surface area (Å²) in [6, 6.07) is -2.22. The van der Waals surface area contributed by atoms with Crippen molar-refractivity contribution in [3.8, 4) is 0 Å². The molecule has 9 heteroatoms. The summed E-state index contributed by atoms with van der Waals surface area (Å²) in [7, 11) is 0. The topological polar surface area (TPSA) is 179 Å². The highest BCUT2D eigenvalue weighted by Gasteiger charge is 2.15. The summed E-state index contributed by atoms with van der Waals surface area (Å²) >= 11 is 0. The molecule has 0 radical (unpaired) electrons. The van der Waals surface area contributed by atoms with Gasteiger partial charge in [0.2, 0.25) is 0 Å². The molecular formula is C7H18N6O3. The van der Waals surface area contributed by atoms with Gasteiger partial charge in [-0.3, -0.25) is 0 Å². The van der Waals surface area contributed by atoms with Crippen LogP contribution in [0.3, 0.4) is 0 Å². The molecule has 0 aliphatic rings. The number of rotatable bonds is 3. The number of primary amides is 4. The second kappa shape index (κ2) is 8.15. The molecule has 9 nitrogen and oxygen atoms in total. The Hall–Kier alpha value is -2.19. The summed E-state index contributed by atoms with van der Waals surface area (Å²) in [6.07, 6.45) is -0.514. The molecule has 0 aliphatic heterocycles. The molecule has 0 unspecified atom stereocenters. The van der Waals surface area contributed by atoms with Gasteiger partial charge in [-0.15, -0.1) is 0 Å². The third-order valence-electron chi connectivity index (χ3n) is 1.26. The largest absolute Gasteiger partial charge is 0.352 e. The molecule has 94 valence electrons. The monoisotopic (exact) mass is 234 g/mol. The van der Waals surface area contributed by atoms with Crippen LogP contribution in [0.1, 0.15) is 13.8 Å². The van der Waals surface area contributed by atoms with Crippen molar-refractivity contribution in [2.45, 2.75) is 20.0 Å². The van der Waals surface area contributed by atoms with E-state index >= 15 is 0 Å². The van der Waals surface area contributed by atoms with E-state index in [4.69, 9.17) is 16.3 Å². The van der Waals surface area contributed by atoms with Crippen LogP contribution in [0.2, 0.25) is 0 Å². The molecule has 0 saturated carbocycles. The van der Waals surface area contributed by atoms with E-state index in [1.807, 2.05) is 13.8 Å². The summed E-state index contributed by atoms with van der Waals surface area (Å²) < 4.78 is 0. The van der Waals surface area contributed by atoms with Gasteiger partial charge in [0.15, 0.2) is 0 Å². The number of amides is 6. The number of carbonyl (C=O) groups is 3. The van der Waals surface area contributed by atoms with Crippen molar-refractivity contribution in [2.24, 2.45) is 28.9 Å². The Morgan fingerprint density at radius 2 is 1.12 bits per heavy atom. The minimum absolute atomic E-state index is 0.0324. The average molecular weight is 234 g/mol. The Bertz CT molecular complexity index is 235. The predicted octanol–water partition coefficient (Wildman–Crippen LogP) is -1.67. The Labute approximate surface area is 92.9 Å². The van der Waals surface area contributed by atoms with Crippen LogP contribution >= 0.6 is 0 Å². The zero-order valence-electron chi connectivity index (χ0n) is 9.19. The number of urea groups is 3. The number of hydrogen-bond donors (Lipinski definition) is 6. The van der Waals surface area contributed by atoms with Gasteiger partial charge >= 0.3 is 18.1 Å². The van der Waals surface area contributed by atoms with E-state index in [0.717, 1.165) is 0 Å². The van der Waals surface area contributed by atoms with Gasteiger partial charge in [-0.25, -0.2) is 14.4 Å². The zero-order valence-corrected chi connectivity index (χ0v) is 9.19. The number of carbonyl (C=O) groups excluding carboxylic acids is 3. The van der Waals surface area contributed by atoms with E-state index in [9.17, 15) is 9.59 Å². The van der Waals surface area contributed by atoms with Gasteiger partial charge in [0.1, 0.15) is 6.17 Å². The van der Waals surface area contributed by atoms with Crippen molar-refractivity contribution >= 4 is 18.1 Å². The smallest absolute Gasteiger partial charge is 0.313 e. The lowest BCUT2D eigenvalue weighted by atomic mass is 10.1. The number of nitrogens with one attached hydrogen (secondary N) is 2. The number of hydrogen-bond acceptors (Lipinski definition) is 3. The van der Waals surface area contributed by atoms with Crippen molar-refractivity contribution in [2.75, 3.05) is 0 Å². The maximum absolute atomic E-state index is 10.4. The van der Waals surface area contributed by atoms with Gasteiger partial charge in [-0.1, -0.05) is 13.8 Å². The normalized spacial score (nSPS) is 9.00. The molecule has 10 N–H and O–H groups in total. The first-order chi connectivity index (χ1) is 7.16. The van der Waals surface area contributed by atoms with Crippen LogP contribution in [0.15, 0.2) is 0 Å². The molecule has 16 heavy (non-hydrogen) atoms. The minimum Gasteiger partial charge on any atom is -0.352 e. The molecule has 0 rings (SSSR count). The molecular weight excluding hydrogens is 216 g/mol. The fraction of sp³-hybridized carbons (Fsp3) is 0.571. The first-order valence-corrected chi connectivity index (χ1v) is 4.33. The molecule has 0 aromatic carbocycles. The SMILES string of the molecule is CC(C)C(NC(N)=O)NC(N)=O.NC(N)=O. The van der Waals surface area contributed by atoms with E-state index in [-0.39, 0.29) is 5.92 Å². The Morgan fingerprint density at radius 1 is 0.875 bits per heavy atom. The summed E-state index contributed by atoms with van der Waals surface area (Å²) in [6.45, 7) is 3.63. The Morgan fingerprint density at radius 3 is 1.25 bits per heavy atom. The van der Waals surface area contributed by atoms with Gasteiger partial charge in [-0.05, 0) is 5.92 Å². The first-order valence-electron chi connectivity index (χ1n) is 4.33. The summed E-state index contributed by atoms with van der Waals surface area (Å²) in [5.74, 6) is 0.0324. The van der Waals surface area contributed by atoms with E-state index in [2.05, 4.69) is 22.1 Å². The van der Waals surface area contributed by atoms with Crippen molar-refractivity contribution in [1.82, 2.24) is 10.6 Å². The predicted molar refractivity (Wildman–Crippen MR) is 57.8 cm³/mol. The van der Waals surface area contributed by atoms with E-state index in [0.29, 0.717) is 0 Å². The fourth-order valence-electron chi connectivity index (χ4n) is 0.676. The maximum atomic E-state index is 10.4. The summed E-state index contributed by atoms with van der Waals surface area (Å²) in [4.78, 5) is 29.8. The van der Waals surface area contributed by atoms with Crippen molar-refractivity contribution in [3.63, 3.8) is 0 Å². The first kappa shape index (κ1) is 16.2. The highest BCUT2D eigenvalue weighted by molar-refractivity contribution is 5.75. The van der Waals surface area contributed by atoms with Gasteiger partial charge < -0.3 is 33.6 Å². The number of nitrogens with two attached hydrogens (primary N) is 4. The minimum atomic E-state index is -0.833. The Balaban J connectivity index is 0. The summed E-state index contributed by atoms with van der Waals surface area (Å²) in [5, 5.41) is 4.68. The molecule has 0 bridgehead atoms. The summed E-state index contributed by atoms with van der Waals surface area (Å²) in [5.41, 5.74) is 18.2. The lowest BCUT2D eigenvalue weighted by molar-refractivity contribution is 0.227. The van der Waals surface area contributed by atoms with Crippen LogP contribution in [0.4, 0.5) is 14.4 Å². The van der Waals surface area contributed by atoms with Crippen molar-refractivity contribution in [1.29, 1.82) is 0 Å². The standard InChI is InChI=1S/C6H14N4O2.CH4N2O/c1-3(2)4(9-5(7)11)10-6(8)12;2-1(3)4/h3-4H,1-2H3,(H3,7,9,11)(H3,8,10,12);(H4,2,3,4). The molecule has 0 aromatic rings. The van der Waals surface area contributed by atoms with Gasteiger partial charge in [-0.2, -0.15) is 0 Å². The quantitative estimate of drug-likeness (QED) is 0.320. The maximum Gasteiger partial charge on any atom is 0.313 e. The third kappa shape index (κ3) is 14.3. The van der Waals surface area contributed by atoms with Gasteiger partial charge in [0.25, 0.3) is 0 Å². The van der Waals surface area contributed by atoms with Crippen LogP contribution in [-0.2, 0) is 0 Å². The molecule has 0 atom stereocenters. The molecule has 0 spiro atoms. The second-order valence-corrected chi connectivity index (χ2v) is 3.14. The van der Waals surface area contributed by atoms with Gasteiger partial charge in [0.05, 0.1) is 0 Å². The second-order valence-electron chi connectivity index (χ2n) is 3.14. The van der Waals surface area contributed by atoms with Crippen molar-refractivity contribution in [3.05, 3.63) is 0 Å². The third-order valence-corrected chi connectivity index (χ3v) is 1.26. The lowest BCUT2D eigenvalue weighted by Gasteiger charge is -2.21. The van der Waals surface area contributed by atoms with Crippen LogP contribution in [-0.4, -0.2) is 24.3 Å². The van der Waals surface area contributed by atoms with E-state index < -0.39 is 24.3 Å². The molecule has 0 heterocycles. The molecule has 0 aromatic heterocycles. The molecule has 0 saturated heterocycles. The van der Waals surface area contributed by atoms with Crippen molar-refractivity contribution < 1.29 is 14.4 Å². The van der Waals surface area contributed by atoms with Crippen LogP contribution in [0.5, 0.6) is 0 Å². The van der Waals surface area contributed by atoms with Crippen LogP contribution in [0, 0.1) is 5.92 Å². The highest BCUT2D eigenvalue weighted by atomic mass is 16.2. The Kier molecular flexibility index (Phi) is 8.27. The lowest BCUT2D eigenvalue weighted by Crippen LogP contribution is -2.53. The zero-order chi connectivity index (χ0) is 13.3. The molecule has 0 aliphatic carbocycles. The average Bonchev–Trinajstić information content (AvgIpc) is 1.99. The molecule has 6 amide bonds.